The second kappa shape index (κ2) is 9.48. The fourth-order valence-electron chi connectivity index (χ4n) is 2.48. The van der Waals surface area contributed by atoms with Crippen molar-refractivity contribution in [3.05, 3.63) is 27.1 Å². The summed E-state index contributed by atoms with van der Waals surface area (Å²) in [6, 6.07) is 0. The predicted molar refractivity (Wildman–Crippen MR) is 96.5 cm³/mol. The first-order valence-electron chi connectivity index (χ1n) is 7.81. The van der Waals surface area contributed by atoms with E-state index in [1.807, 2.05) is 4.98 Å². The van der Waals surface area contributed by atoms with Gasteiger partial charge in [0.25, 0.3) is 0 Å². The van der Waals surface area contributed by atoms with Crippen LogP contribution in [-0.4, -0.2) is 70.4 Å². The van der Waals surface area contributed by atoms with Crippen LogP contribution in [0, 0.1) is 10.5 Å². The van der Waals surface area contributed by atoms with Crippen molar-refractivity contribution in [2.45, 2.75) is 24.0 Å². The lowest BCUT2D eigenvalue weighted by Crippen LogP contribution is -2.48. The smallest absolute Gasteiger partial charge is 0.387 e. The van der Waals surface area contributed by atoms with Crippen molar-refractivity contribution in [2.24, 2.45) is 0 Å². The zero-order chi connectivity index (χ0) is 24.7. The molecule has 0 bridgehead atoms. The lowest BCUT2D eigenvalue weighted by Gasteiger charge is -2.29. The summed E-state index contributed by atoms with van der Waals surface area (Å²) < 4.78 is 77.1. The number of aliphatic hydroxyl groups excluding tert-OH is 2. The third kappa shape index (κ3) is 6.43. The van der Waals surface area contributed by atoms with Crippen molar-refractivity contribution in [3.63, 3.8) is 0 Å². The quantitative estimate of drug-likeness (QED) is 0.149. The first-order chi connectivity index (χ1) is 14.4. The van der Waals surface area contributed by atoms with Gasteiger partial charge in [-0.25, -0.2) is 27.3 Å². The number of rotatable bonds is 9. The molecule has 2 rings (SSSR count). The van der Waals surface area contributed by atoms with Gasteiger partial charge in [-0.2, -0.15) is 8.62 Å². The first-order valence-corrected chi connectivity index (χ1v) is 12.7. The van der Waals surface area contributed by atoms with Crippen LogP contribution < -0.4 is 5.69 Å². The maximum Gasteiger partial charge on any atom is 0.490 e. The van der Waals surface area contributed by atoms with Gasteiger partial charge in [-0.1, -0.05) is 12.2 Å². The molecule has 32 heavy (non-hydrogen) atoms. The number of aromatic nitrogens is 2. The van der Waals surface area contributed by atoms with Crippen LogP contribution in [0.25, 0.3) is 0 Å². The number of alkyl halides is 1. The van der Waals surface area contributed by atoms with Crippen LogP contribution in [0.3, 0.4) is 0 Å². The number of aromatic amines is 1. The van der Waals surface area contributed by atoms with E-state index in [1.54, 1.807) is 0 Å². The van der Waals surface area contributed by atoms with Crippen LogP contribution in [-0.2, 0) is 31.6 Å². The van der Waals surface area contributed by atoms with Crippen molar-refractivity contribution in [1.29, 1.82) is 0 Å². The largest absolute Gasteiger partial charge is 0.490 e. The van der Waals surface area contributed by atoms with Gasteiger partial charge in [0.15, 0.2) is 17.6 Å². The second-order valence-electron chi connectivity index (χ2n) is 6.15. The SMILES string of the molecule is O=c1[nH]c(=S)c(F)cn1[C@@H]1O[C@](CF)(COP(=O)(O)OP(=O)(O)OP(=O)(O)O)C(O)[C@@H]1O. The molecule has 6 atom stereocenters. The topological polar surface area (TPSA) is 247 Å². The molecule has 2 heterocycles. The number of ether oxygens (including phenoxy) is 1. The first kappa shape index (κ1) is 27.5. The fourth-order valence-corrected chi connectivity index (χ4v) is 5.70. The van der Waals surface area contributed by atoms with Crippen molar-refractivity contribution in [1.82, 2.24) is 9.55 Å². The third-order valence-corrected chi connectivity index (χ3v) is 7.90. The van der Waals surface area contributed by atoms with Crippen molar-refractivity contribution >= 4 is 35.7 Å². The molecule has 1 aliphatic rings. The normalized spacial score (nSPS) is 30.1. The lowest BCUT2D eigenvalue weighted by atomic mass is 9.98. The highest BCUT2D eigenvalue weighted by Crippen LogP contribution is 2.66. The number of aliphatic hydroxyl groups is 2. The molecule has 1 fully saturated rings. The maximum absolute atomic E-state index is 13.7. The lowest BCUT2D eigenvalue weighted by molar-refractivity contribution is -0.136. The van der Waals surface area contributed by atoms with Crippen molar-refractivity contribution < 1.29 is 70.1 Å². The molecule has 16 nitrogen and oxygen atoms in total. The minimum absolute atomic E-state index is 0.362. The molecule has 0 saturated carbocycles. The molecule has 0 amide bonds. The van der Waals surface area contributed by atoms with Crippen molar-refractivity contribution in [3.8, 4) is 0 Å². The van der Waals surface area contributed by atoms with Gasteiger partial charge in [0.1, 0.15) is 23.5 Å². The van der Waals surface area contributed by atoms with Gasteiger partial charge in [0.05, 0.1) is 12.8 Å². The fraction of sp³-hybridized carbons (Fsp3) is 0.600. The molecule has 1 aromatic heterocycles. The molecule has 0 radical (unpaired) electrons. The third-order valence-electron chi connectivity index (χ3n) is 3.82. The van der Waals surface area contributed by atoms with Crippen LogP contribution in [0.4, 0.5) is 8.78 Å². The highest BCUT2D eigenvalue weighted by atomic mass is 32.1. The van der Waals surface area contributed by atoms with Crippen LogP contribution >= 0.6 is 35.7 Å². The molecule has 1 aliphatic heterocycles. The van der Waals surface area contributed by atoms with Gasteiger partial charge in [-0.15, -0.1) is 0 Å². The summed E-state index contributed by atoms with van der Waals surface area (Å²) in [5, 5.41) is 20.3. The average molecular weight is 550 g/mol. The molecule has 0 aliphatic carbocycles. The number of hydrogen-bond donors (Lipinski definition) is 7. The van der Waals surface area contributed by atoms with Gasteiger partial charge >= 0.3 is 29.2 Å². The number of nitrogens with zero attached hydrogens (tertiary/aromatic N) is 1. The van der Waals surface area contributed by atoms with E-state index in [4.69, 9.17) is 19.4 Å². The summed E-state index contributed by atoms with van der Waals surface area (Å²) in [5.41, 5.74) is -3.84. The Bertz CT molecular complexity index is 1120. The Kier molecular flexibility index (Phi) is 8.15. The summed E-state index contributed by atoms with van der Waals surface area (Å²) in [6.07, 6.45) is -5.89. The number of hydrogen-bond acceptors (Lipinski definition) is 11. The van der Waals surface area contributed by atoms with E-state index in [-0.39, 0.29) is 0 Å². The van der Waals surface area contributed by atoms with E-state index in [1.165, 1.54) is 0 Å². The van der Waals surface area contributed by atoms with E-state index in [9.17, 15) is 42.4 Å². The highest BCUT2D eigenvalue weighted by molar-refractivity contribution is 7.71. The monoisotopic (exact) mass is 550 g/mol. The van der Waals surface area contributed by atoms with E-state index in [0.717, 1.165) is 0 Å². The van der Waals surface area contributed by atoms with Gasteiger partial charge in [-0.05, 0) is 0 Å². The second-order valence-corrected chi connectivity index (χ2v) is 11.0. The zero-order valence-electron chi connectivity index (χ0n) is 15.1. The molecule has 1 saturated heterocycles. The maximum atomic E-state index is 13.7. The van der Waals surface area contributed by atoms with E-state index < -0.39 is 76.9 Å². The van der Waals surface area contributed by atoms with Gasteiger partial charge in [-0.3, -0.25) is 14.1 Å². The Morgan fingerprint density at radius 3 is 2.31 bits per heavy atom. The Balaban J connectivity index is 2.25. The Labute approximate surface area is 180 Å². The number of nitrogens with one attached hydrogen (secondary N) is 1. The molecule has 184 valence electrons. The molecular formula is C10H15F2N2O14P3S. The summed E-state index contributed by atoms with van der Waals surface area (Å²) >= 11 is 4.50. The zero-order valence-corrected chi connectivity index (χ0v) is 18.6. The summed E-state index contributed by atoms with van der Waals surface area (Å²) in [4.78, 5) is 49.3. The molecule has 22 heteroatoms. The number of phosphoric ester groups is 1. The van der Waals surface area contributed by atoms with E-state index in [2.05, 4.69) is 25.4 Å². The number of H-pyrrole nitrogens is 1. The van der Waals surface area contributed by atoms with Gasteiger partial charge in [0, 0.05) is 0 Å². The van der Waals surface area contributed by atoms with Crippen LogP contribution in [0.2, 0.25) is 0 Å². The Morgan fingerprint density at radius 1 is 1.19 bits per heavy atom. The Hall–Kier alpha value is -0.750. The number of phosphoric acid groups is 3. The summed E-state index contributed by atoms with van der Waals surface area (Å²) in [5.74, 6) is -1.16. The molecule has 7 N–H and O–H groups in total. The van der Waals surface area contributed by atoms with E-state index >= 15 is 0 Å². The number of halogens is 2. The molecule has 0 spiro atoms. The summed E-state index contributed by atoms with van der Waals surface area (Å²) in [6.45, 7) is -3.24. The predicted octanol–water partition coefficient (Wildman–Crippen LogP) is -0.653. The molecule has 0 aromatic carbocycles. The van der Waals surface area contributed by atoms with Crippen molar-refractivity contribution in [2.75, 3.05) is 13.3 Å². The minimum Gasteiger partial charge on any atom is -0.387 e. The summed E-state index contributed by atoms with van der Waals surface area (Å²) in [7, 11) is -17.3. The minimum atomic E-state index is -5.88. The highest BCUT2D eigenvalue weighted by Gasteiger charge is 2.57. The van der Waals surface area contributed by atoms with E-state index in [0.29, 0.717) is 10.8 Å². The molecule has 3 unspecified atom stereocenters. The Morgan fingerprint density at radius 2 is 1.78 bits per heavy atom. The van der Waals surface area contributed by atoms with Crippen LogP contribution in [0.5, 0.6) is 0 Å². The molecule has 1 aromatic rings. The van der Waals surface area contributed by atoms with Crippen LogP contribution in [0.15, 0.2) is 11.0 Å². The van der Waals surface area contributed by atoms with Gasteiger partial charge < -0.3 is 34.5 Å². The standard InChI is InChI=1S/C10H15F2N2O14P3S/c11-2-10(3-25-30(21,22)28-31(23,24)27-29(18,19)20)6(16)5(15)8(26-10)14-1-4(12)7(32)13-9(14)17/h1,5-6,8,15-16H,2-3H2,(H,21,22)(H,23,24)(H,13,17,32)(H2,18,19,20)/t5-,6?,8+,10+/m0/s1. The van der Waals surface area contributed by atoms with Crippen LogP contribution in [0.1, 0.15) is 6.23 Å². The average Bonchev–Trinajstić information content (AvgIpc) is 2.85. The van der Waals surface area contributed by atoms with Gasteiger partial charge in [0.2, 0.25) is 0 Å². The molecular weight excluding hydrogens is 535 g/mol.